The summed E-state index contributed by atoms with van der Waals surface area (Å²) in [5.74, 6) is -0.837. The Morgan fingerprint density at radius 1 is 0.902 bits per heavy atom. The van der Waals surface area contributed by atoms with Crippen molar-refractivity contribution in [1.82, 2.24) is 10.2 Å². The summed E-state index contributed by atoms with van der Waals surface area (Å²) >= 11 is 18.8. The summed E-state index contributed by atoms with van der Waals surface area (Å²) in [6.07, 6.45) is 4.19. The summed E-state index contributed by atoms with van der Waals surface area (Å²) in [7, 11) is -4.21. The Hall–Kier alpha value is -2.78. The van der Waals surface area contributed by atoms with Crippen molar-refractivity contribution in [3.8, 4) is 0 Å². The van der Waals surface area contributed by atoms with Gasteiger partial charge in [-0.1, -0.05) is 91.0 Å². The molecule has 7 nitrogen and oxygen atoms in total. The van der Waals surface area contributed by atoms with Gasteiger partial charge in [0.05, 0.1) is 20.6 Å². The minimum atomic E-state index is -4.21. The highest BCUT2D eigenvalue weighted by Crippen LogP contribution is 2.31. The topological polar surface area (TPSA) is 86.8 Å². The van der Waals surface area contributed by atoms with Crippen LogP contribution in [0.15, 0.2) is 77.7 Å². The van der Waals surface area contributed by atoms with Crippen LogP contribution >= 0.6 is 34.8 Å². The fourth-order valence-electron chi connectivity index (χ4n) is 4.99. The molecule has 3 aromatic rings. The first-order valence-electron chi connectivity index (χ1n) is 13.5. The third kappa shape index (κ3) is 7.55. The maximum absolute atomic E-state index is 14.2. The molecular weight excluding hydrogens is 605 g/mol. The van der Waals surface area contributed by atoms with E-state index in [0.29, 0.717) is 17.0 Å². The molecule has 0 aliphatic heterocycles. The first-order chi connectivity index (χ1) is 19.6. The van der Waals surface area contributed by atoms with Crippen LogP contribution < -0.4 is 9.62 Å². The van der Waals surface area contributed by atoms with E-state index in [-0.39, 0.29) is 39.1 Å². The molecule has 0 spiro atoms. The van der Waals surface area contributed by atoms with E-state index in [9.17, 15) is 18.0 Å². The molecule has 1 atom stereocenters. The Labute approximate surface area is 256 Å². The van der Waals surface area contributed by atoms with Crippen molar-refractivity contribution in [1.29, 1.82) is 0 Å². The van der Waals surface area contributed by atoms with Gasteiger partial charge in [0.2, 0.25) is 11.8 Å². The monoisotopic (exact) mass is 635 g/mol. The van der Waals surface area contributed by atoms with Gasteiger partial charge in [-0.15, -0.1) is 0 Å². The van der Waals surface area contributed by atoms with E-state index < -0.39 is 28.5 Å². The Morgan fingerprint density at radius 2 is 1.56 bits per heavy atom. The first kappa shape index (κ1) is 31.2. The van der Waals surface area contributed by atoms with Crippen LogP contribution in [0.3, 0.4) is 0 Å². The van der Waals surface area contributed by atoms with Crippen molar-refractivity contribution in [2.75, 3.05) is 10.8 Å². The maximum Gasteiger partial charge on any atom is 0.264 e. The lowest BCUT2D eigenvalue weighted by Gasteiger charge is -2.34. The van der Waals surface area contributed by atoms with Gasteiger partial charge in [-0.2, -0.15) is 0 Å². The smallest absolute Gasteiger partial charge is 0.264 e. The lowest BCUT2D eigenvalue weighted by atomic mass is 10.1. The molecule has 41 heavy (non-hydrogen) atoms. The SMILES string of the molecule is CC[C@H](C(=O)NC1CCCC1)N(Cc1ccccc1Cl)C(=O)CN(c1ccc(Cl)c(Cl)c1)S(=O)(=O)c1ccccc1. The first-order valence-corrected chi connectivity index (χ1v) is 16.0. The van der Waals surface area contributed by atoms with Crippen molar-refractivity contribution in [2.24, 2.45) is 0 Å². The van der Waals surface area contributed by atoms with Crippen LogP contribution in [-0.2, 0) is 26.2 Å². The molecular formula is C30H32Cl3N3O4S. The highest BCUT2D eigenvalue weighted by Gasteiger charge is 2.35. The van der Waals surface area contributed by atoms with Crippen molar-refractivity contribution >= 4 is 62.3 Å². The number of amides is 2. The Kier molecular flexibility index (Phi) is 10.6. The number of hydrogen-bond donors (Lipinski definition) is 1. The fourth-order valence-corrected chi connectivity index (χ4v) is 6.90. The average Bonchev–Trinajstić information content (AvgIpc) is 3.47. The normalized spacial score (nSPS) is 14.4. The van der Waals surface area contributed by atoms with Crippen LogP contribution in [0, 0.1) is 0 Å². The van der Waals surface area contributed by atoms with Gasteiger partial charge in [-0.3, -0.25) is 13.9 Å². The minimum absolute atomic E-state index is 0.00236. The van der Waals surface area contributed by atoms with E-state index in [2.05, 4.69) is 5.32 Å². The average molecular weight is 637 g/mol. The predicted octanol–water partition coefficient (Wildman–Crippen LogP) is 6.71. The van der Waals surface area contributed by atoms with Gasteiger partial charge < -0.3 is 10.2 Å². The molecule has 3 aromatic carbocycles. The van der Waals surface area contributed by atoms with E-state index in [0.717, 1.165) is 30.0 Å². The van der Waals surface area contributed by atoms with Crippen LogP contribution in [0.25, 0.3) is 0 Å². The largest absolute Gasteiger partial charge is 0.352 e. The van der Waals surface area contributed by atoms with Crippen LogP contribution in [-0.4, -0.2) is 43.8 Å². The summed E-state index contributed by atoms with van der Waals surface area (Å²) in [4.78, 5) is 29.1. The van der Waals surface area contributed by atoms with E-state index in [1.54, 1.807) is 42.5 Å². The number of carbonyl (C=O) groups excluding carboxylic acids is 2. The number of carbonyl (C=O) groups is 2. The predicted molar refractivity (Wildman–Crippen MR) is 164 cm³/mol. The van der Waals surface area contributed by atoms with Gasteiger partial charge in [0, 0.05) is 17.6 Å². The van der Waals surface area contributed by atoms with Crippen molar-refractivity contribution in [3.05, 3.63) is 93.4 Å². The fraction of sp³-hybridized carbons (Fsp3) is 0.333. The zero-order chi connectivity index (χ0) is 29.6. The maximum atomic E-state index is 14.2. The molecule has 0 saturated heterocycles. The molecule has 4 rings (SSSR count). The van der Waals surface area contributed by atoms with Gasteiger partial charge in [0.25, 0.3) is 10.0 Å². The van der Waals surface area contributed by atoms with Crippen molar-refractivity contribution < 1.29 is 18.0 Å². The lowest BCUT2D eigenvalue weighted by molar-refractivity contribution is -0.140. The van der Waals surface area contributed by atoms with Crippen molar-refractivity contribution in [3.63, 3.8) is 0 Å². The zero-order valence-electron chi connectivity index (χ0n) is 22.6. The Balaban J connectivity index is 1.73. The van der Waals surface area contributed by atoms with Crippen LogP contribution in [0.2, 0.25) is 15.1 Å². The summed E-state index contributed by atoms with van der Waals surface area (Å²) in [5.41, 5.74) is 0.805. The molecule has 0 unspecified atom stereocenters. The van der Waals surface area contributed by atoms with E-state index in [1.807, 2.05) is 6.92 Å². The second-order valence-corrected chi connectivity index (χ2v) is 13.0. The number of anilines is 1. The van der Waals surface area contributed by atoms with Gasteiger partial charge in [-0.05, 0) is 61.2 Å². The molecule has 218 valence electrons. The standard InChI is InChI=1S/C30H32Cl3N3O4S/c1-2-28(30(38)34-22-11-7-8-12-22)35(19-21-10-6-9-15-25(21)31)29(37)20-36(23-16-17-26(32)27(33)18-23)41(39,40)24-13-4-3-5-14-24/h3-6,9-10,13-18,22,28H,2,7-8,11-12,19-20H2,1H3,(H,34,38)/t28-/m1/s1. The zero-order valence-corrected chi connectivity index (χ0v) is 25.7. The molecule has 1 N–H and O–H groups in total. The molecule has 1 fully saturated rings. The van der Waals surface area contributed by atoms with E-state index >= 15 is 0 Å². The third-order valence-corrected chi connectivity index (χ3v) is 10.1. The van der Waals surface area contributed by atoms with Gasteiger partial charge >= 0.3 is 0 Å². The van der Waals surface area contributed by atoms with Crippen LogP contribution in [0.5, 0.6) is 0 Å². The second kappa shape index (κ2) is 13.9. The Morgan fingerprint density at radius 3 is 2.20 bits per heavy atom. The second-order valence-electron chi connectivity index (χ2n) is 9.95. The molecule has 0 heterocycles. The number of nitrogens with zero attached hydrogens (tertiary/aromatic N) is 2. The summed E-state index contributed by atoms with van der Waals surface area (Å²) in [5, 5.41) is 3.91. The highest BCUT2D eigenvalue weighted by atomic mass is 35.5. The van der Waals surface area contributed by atoms with Crippen LogP contribution in [0.1, 0.15) is 44.6 Å². The quantitative estimate of drug-likeness (QED) is 0.254. The molecule has 0 bridgehead atoms. The van der Waals surface area contributed by atoms with Gasteiger partial charge in [0.15, 0.2) is 0 Å². The molecule has 1 aliphatic carbocycles. The summed E-state index contributed by atoms with van der Waals surface area (Å²) < 4.78 is 28.8. The highest BCUT2D eigenvalue weighted by molar-refractivity contribution is 7.92. The number of halogens is 3. The molecule has 0 radical (unpaired) electrons. The molecule has 2 amide bonds. The number of sulfonamides is 1. The number of nitrogens with one attached hydrogen (secondary N) is 1. The minimum Gasteiger partial charge on any atom is -0.352 e. The summed E-state index contributed by atoms with van der Waals surface area (Å²) in [6.45, 7) is 1.27. The molecule has 11 heteroatoms. The van der Waals surface area contributed by atoms with E-state index in [1.165, 1.54) is 35.2 Å². The number of benzene rings is 3. The number of rotatable bonds is 11. The Bertz CT molecular complexity index is 1480. The molecule has 1 saturated carbocycles. The number of hydrogen-bond acceptors (Lipinski definition) is 4. The molecule has 0 aromatic heterocycles. The molecule has 1 aliphatic rings. The lowest BCUT2D eigenvalue weighted by Crippen LogP contribution is -2.53. The van der Waals surface area contributed by atoms with Crippen LogP contribution in [0.4, 0.5) is 5.69 Å². The van der Waals surface area contributed by atoms with Crippen molar-refractivity contribution in [2.45, 2.75) is 62.6 Å². The van der Waals surface area contributed by atoms with Gasteiger partial charge in [0.1, 0.15) is 12.6 Å². The summed E-state index contributed by atoms with van der Waals surface area (Å²) in [6, 6.07) is 18.5. The van der Waals surface area contributed by atoms with E-state index in [4.69, 9.17) is 34.8 Å². The van der Waals surface area contributed by atoms with Gasteiger partial charge in [-0.25, -0.2) is 8.42 Å². The third-order valence-electron chi connectivity index (χ3n) is 7.19.